The highest BCUT2D eigenvalue weighted by Crippen LogP contribution is 2.32. The third kappa shape index (κ3) is 4.73. The second-order valence-electron chi connectivity index (χ2n) is 4.97. The van der Waals surface area contributed by atoms with E-state index in [-0.39, 0.29) is 12.5 Å². The molecule has 0 aliphatic heterocycles. The first-order valence-corrected chi connectivity index (χ1v) is 7.87. The van der Waals surface area contributed by atoms with Crippen LogP contribution < -0.4 is 14.8 Å². The molecule has 0 saturated carbocycles. The number of nitrogens with one attached hydrogen (secondary N) is 1. The molecule has 0 aromatic heterocycles. The van der Waals surface area contributed by atoms with Gasteiger partial charge in [-0.2, -0.15) is 0 Å². The molecule has 0 fully saturated rings. The molecule has 0 spiro atoms. The Morgan fingerprint density at radius 2 is 2.00 bits per heavy atom. The van der Waals surface area contributed by atoms with Gasteiger partial charge >= 0.3 is 0 Å². The van der Waals surface area contributed by atoms with E-state index in [0.29, 0.717) is 27.2 Å². The van der Waals surface area contributed by atoms with E-state index in [0.717, 1.165) is 5.56 Å². The molecule has 24 heavy (non-hydrogen) atoms. The predicted molar refractivity (Wildman–Crippen MR) is 95.4 cm³/mol. The van der Waals surface area contributed by atoms with Gasteiger partial charge in [-0.1, -0.05) is 22.9 Å². The van der Waals surface area contributed by atoms with Crippen molar-refractivity contribution in [3.8, 4) is 11.5 Å². The molecule has 7 heteroatoms. The summed E-state index contributed by atoms with van der Waals surface area (Å²) in [6.07, 6.45) is 1.26. The van der Waals surface area contributed by atoms with E-state index < -0.39 is 0 Å². The number of carbonyl (C=O) groups excluding carboxylic acids is 1. The van der Waals surface area contributed by atoms with E-state index in [4.69, 9.17) is 14.7 Å². The summed E-state index contributed by atoms with van der Waals surface area (Å²) in [5, 5.41) is 14.4. The van der Waals surface area contributed by atoms with Gasteiger partial charge in [0, 0.05) is 15.7 Å². The molecule has 0 aliphatic rings. The summed E-state index contributed by atoms with van der Waals surface area (Å²) >= 11 is 3.34. The van der Waals surface area contributed by atoms with Crippen LogP contribution in [0.1, 0.15) is 11.1 Å². The monoisotopic (exact) mass is 392 g/mol. The first-order valence-electron chi connectivity index (χ1n) is 7.07. The largest absolute Gasteiger partial charge is 0.493 e. The Kier molecular flexibility index (Phi) is 6.20. The van der Waals surface area contributed by atoms with Crippen LogP contribution in [-0.4, -0.2) is 31.0 Å². The maximum absolute atomic E-state index is 12.0. The number of benzene rings is 2. The van der Waals surface area contributed by atoms with Crippen molar-refractivity contribution in [3.63, 3.8) is 0 Å². The highest BCUT2D eigenvalue weighted by atomic mass is 79.9. The molecule has 6 nitrogen and oxygen atoms in total. The fourth-order valence-corrected chi connectivity index (χ4v) is 2.39. The van der Waals surface area contributed by atoms with Gasteiger partial charge in [0.25, 0.3) is 5.91 Å². The number of hydrogen-bond donors (Lipinski definition) is 2. The van der Waals surface area contributed by atoms with Gasteiger partial charge in [0.15, 0.2) is 18.1 Å². The Hall–Kier alpha value is -2.54. The van der Waals surface area contributed by atoms with E-state index in [9.17, 15) is 4.79 Å². The van der Waals surface area contributed by atoms with Crippen molar-refractivity contribution < 1.29 is 19.5 Å². The number of nitrogens with zero attached hydrogens (tertiary/aromatic N) is 1. The minimum Gasteiger partial charge on any atom is -0.493 e. The first-order chi connectivity index (χ1) is 11.5. The van der Waals surface area contributed by atoms with Gasteiger partial charge in [-0.3, -0.25) is 4.79 Å². The average molecular weight is 393 g/mol. The third-order valence-corrected chi connectivity index (χ3v) is 3.86. The Morgan fingerprint density at radius 1 is 1.29 bits per heavy atom. The van der Waals surface area contributed by atoms with Gasteiger partial charge < -0.3 is 20.0 Å². The second kappa shape index (κ2) is 8.35. The van der Waals surface area contributed by atoms with E-state index in [1.165, 1.54) is 13.3 Å². The number of hydrogen-bond acceptors (Lipinski definition) is 5. The second-order valence-corrected chi connectivity index (χ2v) is 5.83. The van der Waals surface area contributed by atoms with Crippen molar-refractivity contribution in [1.82, 2.24) is 0 Å². The fourth-order valence-electron chi connectivity index (χ4n) is 1.96. The minimum atomic E-state index is -0.280. The zero-order chi connectivity index (χ0) is 17.5. The minimum absolute atomic E-state index is 0.163. The molecule has 2 aromatic rings. The van der Waals surface area contributed by atoms with Crippen molar-refractivity contribution >= 4 is 33.7 Å². The molecule has 1 amide bonds. The Morgan fingerprint density at radius 3 is 2.62 bits per heavy atom. The van der Waals surface area contributed by atoms with Gasteiger partial charge in [-0.05, 0) is 47.1 Å². The number of methoxy groups -OCH3 is 1. The number of anilines is 1. The topological polar surface area (TPSA) is 80.2 Å². The number of amides is 1. The van der Waals surface area contributed by atoms with Gasteiger partial charge in [0.1, 0.15) is 0 Å². The van der Waals surface area contributed by atoms with Crippen molar-refractivity contribution in [2.45, 2.75) is 6.92 Å². The van der Waals surface area contributed by atoms with Crippen LogP contribution in [0.4, 0.5) is 5.69 Å². The van der Waals surface area contributed by atoms with Crippen molar-refractivity contribution in [2.75, 3.05) is 19.0 Å². The third-order valence-electron chi connectivity index (χ3n) is 3.17. The Balaban J connectivity index is 2.04. The molecule has 0 heterocycles. The van der Waals surface area contributed by atoms with Crippen molar-refractivity contribution in [2.24, 2.45) is 5.16 Å². The van der Waals surface area contributed by atoms with Crippen LogP contribution >= 0.6 is 15.9 Å². The molecule has 0 saturated heterocycles. The Labute approximate surface area is 148 Å². The maximum atomic E-state index is 12.0. The van der Waals surface area contributed by atoms with Crippen LogP contribution in [0.25, 0.3) is 0 Å². The number of oxime groups is 1. The quantitative estimate of drug-likeness (QED) is 0.447. The molecule has 0 aliphatic carbocycles. The van der Waals surface area contributed by atoms with Crippen LogP contribution in [0.3, 0.4) is 0 Å². The number of ether oxygens (including phenoxy) is 2. The fraction of sp³-hybridized carbons (Fsp3) is 0.176. The first kappa shape index (κ1) is 17.8. The molecule has 0 radical (unpaired) electrons. The highest BCUT2D eigenvalue weighted by Gasteiger charge is 2.11. The summed E-state index contributed by atoms with van der Waals surface area (Å²) in [5.41, 5.74) is 2.44. The molecule has 0 atom stereocenters. The summed E-state index contributed by atoms with van der Waals surface area (Å²) < 4.78 is 11.4. The van der Waals surface area contributed by atoms with E-state index in [2.05, 4.69) is 26.4 Å². The zero-order valence-electron chi connectivity index (χ0n) is 13.2. The number of halogens is 1. The average Bonchev–Trinajstić information content (AvgIpc) is 2.57. The van der Waals surface area contributed by atoms with Gasteiger partial charge in [-0.25, -0.2) is 0 Å². The summed E-state index contributed by atoms with van der Waals surface area (Å²) in [6.45, 7) is 1.81. The highest BCUT2D eigenvalue weighted by molar-refractivity contribution is 9.10. The molecule has 0 unspecified atom stereocenters. The van der Waals surface area contributed by atoms with E-state index >= 15 is 0 Å². The standard InChI is InChI=1S/C17H17BrN2O4/c1-11-3-5-13(6-4-11)20-17(21)10-24-16-8-14(18)12(9-19-22)7-15(16)23-2/h3-9,22H,10H2,1-2H3,(H,20,21)/b19-9+. The zero-order valence-corrected chi connectivity index (χ0v) is 14.8. The van der Waals surface area contributed by atoms with Crippen molar-refractivity contribution in [1.29, 1.82) is 0 Å². The summed E-state index contributed by atoms with van der Waals surface area (Å²) in [4.78, 5) is 12.0. The summed E-state index contributed by atoms with van der Waals surface area (Å²) in [7, 11) is 1.49. The summed E-state index contributed by atoms with van der Waals surface area (Å²) in [5.74, 6) is 0.549. The summed E-state index contributed by atoms with van der Waals surface area (Å²) in [6, 6.07) is 10.8. The smallest absolute Gasteiger partial charge is 0.262 e. The van der Waals surface area contributed by atoms with E-state index in [1.807, 2.05) is 31.2 Å². The molecule has 126 valence electrons. The van der Waals surface area contributed by atoms with Gasteiger partial charge in [0.05, 0.1) is 13.3 Å². The van der Waals surface area contributed by atoms with Gasteiger partial charge in [-0.15, -0.1) is 0 Å². The van der Waals surface area contributed by atoms with Crippen LogP contribution in [0, 0.1) is 6.92 Å². The van der Waals surface area contributed by atoms with Crippen molar-refractivity contribution in [3.05, 3.63) is 52.0 Å². The lowest BCUT2D eigenvalue weighted by atomic mass is 10.2. The number of carbonyl (C=O) groups is 1. The SMILES string of the molecule is COc1cc(/C=N/O)c(Br)cc1OCC(=O)Nc1ccc(C)cc1. The molecular formula is C17H17BrN2O4. The lowest BCUT2D eigenvalue weighted by molar-refractivity contribution is -0.118. The molecular weight excluding hydrogens is 376 g/mol. The van der Waals surface area contributed by atoms with E-state index in [1.54, 1.807) is 12.1 Å². The molecule has 2 rings (SSSR count). The molecule has 2 N–H and O–H groups in total. The predicted octanol–water partition coefficient (Wildman–Crippen LogP) is 3.59. The maximum Gasteiger partial charge on any atom is 0.262 e. The lowest BCUT2D eigenvalue weighted by Gasteiger charge is -2.12. The molecule has 0 bridgehead atoms. The van der Waals surface area contributed by atoms with Crippen LogP contribution in [-0.2, 0) is 4.79 Å². The van der Waals surface area contributed by atoms with Gasteiger partial charge in [0.2, 0.25) is 0 Å². The normalized spacial score (nSPS) is 10.6. The lowest BCUT2D eigenvalue weighted by Crippen LogP contribution is -2.20. The van der Waals surface area contributed by atoms with Crippen LogP contribution in [0.15, 0.2) is 46.0 Å². The Bertz CT molecular complexity index is 745. The number of aryl methyl sites for hydroxylation is 1. The molecule has 2 aromatic carbocycles. The number of rotatable bonds is 6. The van der Waals surface area contributed by atoms with Crippen LogP contribution in [0.2, 0.25) is 0 Å². The van der Waals surface area contributed by atoms with Crippen LogP contribution in [0.5, 0.6) is 11.5 Å².